The molecule has 0 bridgehead atoms. The molecule has 0 saturated carbocycles. The van der Waals surface area contributed by atoms with Gasteiger partial charge in [0.25, 0.3) is 6.01 Å². The van der Waals surface area contributed by atoms with Gasteiger partial charge in [0.05, 0.1) is 11.3 Å². The number of H-pyrrole nitrogens is 1. The number of hydrogen-bond acceptors (Lipinski definition) is 3. The SMILES string of the molecule is [O-][n+]1cccc(-c2nc(O)[nH]c2-c2ccc(-c3ccccc3Cl)cc2F)c1. The number of pyridine rings is 1. The normalized spacial score (nSPS) is 10.9. The third-order valence-electron chi connectivity index (χ3n) is 4.16. The van der Waals surface area contributed by atoms with E-state index in [0.29, 0.717) is 26.4 Å². The third kappa shape index (κ3) is 3.22. The summed E-state index contributed by atoms with van der Waals surface area (Å²) < 4.78 is 15.5. The quantitative estimate of drug-likeness (QED) is 0.404. The Bertz CT molecular complexity index is 1140. The maximum atomic E-state index is 14.9. The van der Waals surface area contributed by atoms with Crippen molar-refractivity contribution in [1.29, 1.82) is 0 Å². The van der Waals surface area contributed by atoms with Gasteiger partial charge in [0.2, 0.25) is 0 Å². The predicted molar refractivity (Wildman–Crippen MR) is 100 cm³/mol. The Labute approximate surface area is 158 Å². The van der Waals surface area contributed by atoms with Crippen LogP contribution in [0.4, 0.5) is 4.39 Å². The number of aromatic nitrogens is 3. The largest absolute Gasteiger partial charge is 0.619 e. The first-order valence-corrected chi connectivity index (χ1v) is 8.44. The van der Waals surface area contributed by atoms with Crippen molar-refractivity contribution in [2.75, 3.05) is 0 Å². The molecule has 0 saturated heterocycles. The molecule has 0 spiro atoms. The molecule has 0 fully saturated rings. The lowest BCUT2D eigenvalue weighted by atomic mass is 10.0. The Morgan fingerprint density at radius 3 is 2.59 bits per heavy atom. The van der Waals surface area contributed by atoms with Crippen molar-refractivity contribution < 1.29 is 14.2 Å². The van der Waals surface area contributed by atoms with E-state index in [1.54, 1.807) is 42.5 Å². The summed E-state index contributed by atoms with van der Waals surface area (Å²) in [6.07, 6.45) is 2.63. The number of halogens is 2. The van der Waals surface area contributed by atoms with E-state index in [2.05, 4.69) is 9.97 Å². The molecule has 0 atom stereocenters. The average Bonchev–Trinajstić information content (AvgIpc) is 3.03. The fourth-order valence-corrected chi connectivity index (χ4v) is 3.18. The lowest BCUT2D eigenvalue weighted by Crippen LogP contribution is -2.24. The van der Waals surface area contributed by atoms with Crippen LogP contribution in [0.1, 0.15) is 0 Å². The first-order valence-electron chi connectivity index (χ1n) is 8.06. The lowest BCUT2D eigenvalue weighted by Gasteiger charge is -2.08. The van der Waals surface area contributed by atoms with Crippen LogP contribution in [0.2, 0.25) is 5.02 Å². The fraction of sp³-hybridized carbons (Fsp3) is 0. The van der Waals surface area contributed by atoms with Gasteiger partial charge in [0.15, 0.2) is 12.4 Å². The molecule has 0 amide bonds. The van der Waals surface area contributed by atoms with E-state index in [0.717, 1.165) is 0 Å². The number of nitrogens with one attached hydrogen (secondary N) is 1. The summed E-state index contributed by atoms with van der Waals surface area (Å²) in [5, 5.41) is 21.9. The zero-order chi connectivity index (χ0) is 19.0. The molecule has 27 heavy (non-hydrogen) atoms. The van der Waals surface area contributed by atoms with Crippen molar-refractivity contribution in [3.8, 4) is 39.7 Å². The van der Waals surface area contributed by atoms with Crippen LogP contribution in [0, 0.1) is 11.0 Å². The number of benzene rings is 2. The average molecular weight is 382 g/mol. The van der Waals surface area contributed by atoms with Crippen molar-refractivity contribution in [3.63, 3.8) is 0 Å². The second kappa shape index (κ2) is 6.74. The van der Waals surface area contributed by atoms with E-state index in [1.165, 1.54) is 18.5 Å². The van der Waals surface area contributed by atoms with Gasteiger partial charge >= 0.3 is 0 Å². The van der Waals surface area contributed by atoms with E-state index in [1.807, 2.05) is 6.07 Å². The summed E-state index contributed by atoms with van der Waals surface area (Å²) in [4.78, 5) is 6.65. The van der Waals surface area contributed by atoms with Crippen LogP contribution in [0.3, 0.4) is 0 Å². The third-order valence-corrected chi connectivity index (χ3v) is 4.49. The van der Waals surface area contributed by atoms with Gasteiger partial charge in [0, 0.05) is 22.2 Å². The van der Waals surface area contributed by atoms with Crippen LogP contribution in [0.15, 0.2) is 67.0 Å². The summed E-state index contributed by atoms with van der Waals surface area (Å²) in [6, 6.07) is 14.7. The fourth-order valence-electron chi connectivity index (χ4n) is 2.94. The van der Waals surface area contributed by atoms with Gasteiger partial charge in [-0.25, -0.2) is 4.39 Å². The van der Waals surface area contributed by atoms with Crippen LogP contribution >= 0.6 is 11.6 Å². The second-order valence-corrected chi connectivity index (χ2v) is 6.32. The zero-order valence-corrected chi connectivity index (χ0v) is 14.6. The Hall–Kier alpha value is -3.38. The molecule has 0 aliphatic heterocycles. The first-order chi connectivity index (χ1) is 13.0. The van der Waals surface area contributed by atoms with Gasteiger partial charge in [-0.1, -0.05) is 35.9 Å². The molecule has 2 aromatic carbocycles. The van der Waals surface area contributed by atoms with Gasteiger partial charge in [-0.3, -0.25) is 0 Å². The molecule has 2 aromatic heterocycles. The van der Waals surface area contributed by atoms with Gasteiger partial charge < -0.3 is 15.3 Å². The molecular formula is C20H13ClFN3O2. The van der Waals surface area contributed by atoms with Gasteiger partial charge in [-0.05, 0) is 29.8 Å². The number of nitrogens with zero attached hydrogens (tertiary/aromatic N) is 2. The van der Waals surface area contributed by atoms with Crippen LogP contribution in [-0.2, 0) is 0 Å². The number of hydrogen-bond donors (Lipinski definition) is 2. The molecule has 0 radical (unpaired) electrons. The molecule has 0 aliphatic carbocycles. The Morgan fingerprint density at radius 1 is 1.04 bits per heavy atom. The Balaban J connectivity index is 1.82. The van der Waals surface area contributed by atoms with Gasteiger partial charge in [-0.15, -0.1) is 0 Å². The van der Waals surface area contributed by atoms with Gasteiger partial charge in [-0.2, -0.15) is 9.71 Å². The monoisotopic (exact) mass is 381 g/mol. The maximum absolute atomic E-state index is 14.9. The summed E-state index contributed by atoms with van der Waals surface area (Å²) in [6.45, 7) is 0. The molecule has 4 aromatic rings. The standard InChI is InChI=1S/C20H13ClFN3O2/c21-16-6-2-1-5-14(16)12-7-8-15(17(22)10-12)19-18(23-20(26)24-19)13-4-3-9-25(27)11-13/h1-11H,(H2,23,24,26). The summed E-state index contributed by atoms with van der Waals surface area (Å²) >= 11 is 6.19. The van der Waals surface area contributed by atoms with Crippen LogP contribution in [-0.4, -0.2) is 15.1 Å². The number of aromatic amines is 1. The molecule has 134 valence electrons. The lowest BCUT2D eigenvalue weighted by molar-refractivity contribution is -0.604. The smallest absolute Gasteiger partial charge is 0.292 e. The zero-order valence-electron chi connectivity index (χ0n) is 13.9. The highest BCUT2D eigenvalue weighted by atomic mass is 35.5. The minimum atomic E-state index is -0.511. The molecular weight excluding hydrogens is 369 g/mol. The Morgan fingerprint density at radius 2 is 1.85 bits per heavy atom. The molecule has 4 rings (SSSR count). The molecule has 2 heterocycles. The molecule has 7 heteroatoms. The summed E-state index contributed by atoms with van der Waals surface area (Å²) in [5.41, 5.74) is 2.57. The van der Waals surface area contributed by atoms with E-state index in [9.17, 15) is 14.7 Å². The van der Waals surface area contributed by atoms with Crippen molar-refractivity contribution in [2.24, 2.45) is 0 Å². The van der Waals surface area contributed by atoms with E-state index < -0.39 is 5.82 Å². The van der Waals surface area contributed by atoms with E-state index in [-0.39, 0.29) is 23.0 Å². The van der Waals surface area contributed by atoms with Crippen molar-refractivity contribution >= 4 is 11.6 Å². The van der Waals surface area contributed by atoms with Crippen LogP contribution < -0.4 is 4.73 Å². The number of rotatable bonds is 3. The topological polar surface area (TPSA) is 75.8 Å². The maximum Gasteiger partial charge on any atom is 0.292 e. The van der Waals surface area contributed by atoms with Crippen molar-refractivity contribution in [2.45, 2.75) is 0 Å². The Kier molecular flexibility index (Phi) is 4.25. The van der Waals surface area contributed by atoms with Crippen LogP contribution in [0.5, 0.6) is 6.01 Å². The number of imidazole rings is 1. The highest BCUT2D eigenvalue weighted by Gasteiger charge is 2.19. The highest BCUT2D eigenvalue weighted by molar-refractivity contribution is 6.33. The number of aromatic hydroxyl groups is 1. The van der Waals surface area contributed by atoms with Crippen molar-refractivity contribution in [1.82, 2.24) is 9.97 Å². The summed E-state index contributed by atoms with van der Waals surface area (Å²) in [5.74, 6) is -0.511. The molecule has 5 nitrogen and oxygen atoms in total. The minimum Gasteiger partial charge on any atom is -0.619 e. The van der Waals surface area contributed by atoms with E-state index in [4.69, 9.17) is 11.6 Å². The van der Waals surface area contributed by atoms with E-state index >= 15 is 0 Å². The molecule has 0 unspecified atom stereocenters. The highest BCUT2D eigenvalue weighted by Crippen LogP contribution is 2.35. The molecule has 2 N–H and O–H groups in total. The summed E-state index contributed by atoms with van der Waals surface area (Å²) in [7, 11) is 0. The van der Waals surface area contributed by atoms with Gasteiger partial charge in [0.1, 0.15) is 11.5 Å². The predicted octanol–water partition coefficient (Wildman–Crippen LogP) is 4.54. The van der Waals surface area contributed by atoms with Crippen LogP contribution in [0.25, 0.3) is 33.6 Å². The second-order valence-electron chi connectivity index (χ2n) is 5.91. The first kappa shape index (κ1) is 17.1. The molecule has 0 aliphatic rings. The van der Waals surface area contributed by atoms with Crippen molar-refractivity contribution in [3.05, 3.63) is 83.0 Å². The minimum absolute atomic E-state index is 0.218.